The van der Waals surface area contributed by atoms with Crippen LogP contribution < -0.4 is 5.56 Å². The van der Waals surface area contributed by atoms with E-state index in [1.807, 2.05) is 66.8 Å². The zero-order chi connectivity index (χ0) is 26.3. The predicted molar refractivity (Wildman–Crippen MR) is 156 cm³/mol. The Balaban J connectivity index is 1.42. The van der Waals surface area contributed by atoms with Crippen molar-refractivity contribution in [3.8, 4) is 5.69 Å². The van der Waals surface area contributed by atoms with Crippen molar-refractivity contribution in [2.45, 2.75) is 49.3 Å². The highest BCUT2D eigenvalue weighted by molar-refractivity contribution is 7.99. The van der Waals surface area contributed by atoms with Crippen LogP contribution in [0.1, 0.15) is 34.7 Å². The molecule has 1 aliphatic carbocycles. The molecule has 0 spiro atoms. The van der Waals surface area contributed by atoms with Gasteiger partial charge in [-0.3, -0.25) is 14.3 Å². The molecule has 0 amide bonds. The molecule has 0 saturated carbocycles. The Bertz CT molecular complexity index is 1760. The maximum absolute atomic E-state index is 13.9. The Morgan fingerprint density at radius 2 is 1.77 bits per heavy atom. The summed E-state index contributed by atoms with van der Waals surface area (Å²) in [5.74, 6) is 0.816. The molecule has 2 aromatic carbocycles. The largest absolute Gasteiger partial charge is 0.379 e. The van der Waals surface area contributed by atoms with Crippen molar-refractivity contribution in [3.63, 3.8) is 0 Å². The van der Waals surface area contributed by atoms with Gasteiger partial charge in [0.1, 0.15) is 15.7 Å². The number of benzene rings is 2. The van der Waals surface area contributed by atoms with Crippen molar-refractivity contribution >= 4 is 44.2 Å². The summed E-state index contributed by atoms with van der Waals surface area (Å²) in [6, 6.07) is 15.6. The number of thiophene rings is 1. The van der Waals surface area contributed by atoms with Crippen LogP contribution in [0.4, 0.5) is 0 Å². The SMILES string of the molecule is Cc1ccccc1-n1c(Sc2nc(CN3CCOCC3)nc3sc4c(c23)CCCC4)nc2ccccc2c1=O. The third-order valence-corrected chi connectivity index (χ3v) is 9.72. The average molecular weight is 556 g/mol. The van der Waals surface area contributed by atoms with Crippen LogP contribution >= 0.6 is 23.1 Å². The van der Waals surface area contributed by atoms with Crippen LogP contribution in [0.15, 0.2) is 63.5 Å². The normalized spacial score (nSPS) is 16.1. The number of morpholine rings is 1. The number of fused-ring (bicyclic) bond motifs is 4. The number of para-hydroxylation sites is 2. The van der Waals surface area contributed by atoms with E-state index in [0.29, 0.717) is 22.6 Å². The lowest BCUT2D eigenvalue weighted by atomic mass is 9.97. The smallest absolute Gasteiger partial charge is 0.266 e. The van der Waals surface area contributed by atoms with Crippen LogP contribution in [0, 0.1) is 6.92 Å². The zero-order valence-corrected chi connectivity index (χ0v) is 23.5. The van der Waals surface area contributed by atoms with Gasteiger partial charge in [0, 0.05) is 23.4 Å². The summed E-state index contributed by atoms with van der Waals surface area (Å²) >= 11 is 3.31. The highest BCUT2D eigenvalue weighted by Gasteiger charge is 2.25. The van der Waals surface area contributed by atoms with Crippen LogP contribution in [-0.4, -0.2) is 50.7 Å². The van der Waals surface area contributed by atoms with Gasteiger partial charge >= 0.3 is 0 Å². The maximum atomic E-state index is 13.9. The van der Waals surface area contributed by atoms with E-state index in [9.17, 15) is 4.79 Å². The molecule has 5 aromatic rings. The monoisotopic (exact) mass is 555 g/mol. The second kappa shape index (κ2) is 10.5. The van der Waals surface area contributed by atoms with E-state index in [-0.39, 0.29) is 5.56 Å². The molecule has 0 N–H and O–H groups in total. The lowest BCUT2D eigenvalue weighted by Gasteiger charge is -2.25. The van der Waals surface area contributed by atoms with E-state index in [1.165, 1.54) is 35.0 Å². The van der Waals surface area contributed by atoms with Gasteiger partial charge in [-0.05, 0) is 73.7 Å². The number of rotatable bonds is 5. The summed E-state index contributed by atoms with van der Waals surface area (Å²) in [5, 5.41) is 3.27. The van der Waals surface area contributed by atoms with Crippen molar-refractivity contribution in [1.82, 2.24) is 24.4 Å². The third kappa shape index (κ3) is 4.67. The first kappa shape index (κ1) is 24.9. The van der Waals surface area contributed by atoms with E-state index >= 15 is 0 Å². The molecule has 1 saturated heterocycles. The van der Waals surface area contributed by atoms with Gasteiger partial charge < -0.3 is 4.74 Å². The molecule has 4 heterocycles. The van der Waals surface area contributed by atoms with Crippen molar-refractivity contribution in [3.05, 3.63) is 80.7 Å². The van der Waals surface area contributed by atoms with Crippen molar-refractivity contribution in [2.75, 3.05) is 26.3 Å². The quantitative estimate of drug-likeness (QED) is 0.208. The molecule has 1 fully saturated rings. The first-order valence-electron chi connectivity index (χ1n) is 13.5. The Labute approximate surface area is 234 Å². The second-order valence-corrected chi connectivity index (χ2v) is 12.2. The van der Waals surface area contributed by atoms with E-state index in [2.05, 4.69) is 4.90 Å². The Morgan fingerprint density at radius 3 is 2.64 bits per heavy atom. The molecule has 0 radical (unpaired) electrons. The molecule has 39 heavy (non-hydrogen) atoms. The van der Waals surface area contributed by atoms with Gasteiger partial charge in [-0.25, -0.2) is 15.0 Å². The van der Waals surface area contributed by atoms with Gasteiger partial charge in [-0.2, -0.15) is 0 Å². The summed E-state index contributed by atoms with van der Waals surface area (Å²) in [7, 11) is 0. The van der Waals surface area contributed by atoms with Crippen LogP contribution in [0.3, 0.4) is 0 Å². The summed E-state index contributed by atoms with van der Waals surface area (Å²) in [6.45, 7) is 5.95. The Morgan fingerprint density at radius 1 is 0.974 bits per heavy atom. The van der Waals surface area contributed by atoms with Crippen LogP contribution in [-0.2, 0) is 24.1 Å². The summed E-state index contributed by atoms with van der Waals surface area (Å²) in [6.07, 6.45) is 4.54. The standard InChI is InChI=1S/C30H29N5O2S2/c1-19-8-2-6-12-23(19)35-29(36)20-9-3-5-11-22(20)31-30(35)39-28-26-21-10-4-7-13-24(21)38-27(26)32-25(33-28)18-34-14-16-37-17-15-34/h2-3,5-6,8-9,11-12H,4,7,10,13-18H2,1H3. The van der Waals surface area contributed by atoms with E-state index in [4.69, 9.17) is 19.7 Å². The summed E-state index contributed by atoms with van der Waals surface area (Å²) in [4.78, 5) is 34.0. The molecule has 198 valence electrons. The van der Waals surface area contributed by atoms with Gasteiger partial charge in [0.2, 0.25) is 0 Å². The number of nitrogens with zero attached hydrogens (tertiary/aromatic N) is 5. The number of hydrogen-bond donors (Lipinski definition) is 0. The van der Waals surface area contributed by atoms with Crippen molar-refractivity contribution in [1.29, 1.82) is 0 Å². The van der Waals surface area contributed by atoms with E-state index in [1.54, 1.807) is 4.57 Å². The minimum Gasteiger partial charge on any atom is -0.379 e. The first-order chi connectivity index (χ1) is 19.2. The van der Waals surface area contributed by atoms with Crippen molar-refractivity contribution < 1.29 is 4.74 Å². The molecule has 2 aliphatic rings. The Hall–Kier alpha value is -3.11. The van der Waals surface area contributed by atoms with E-state index in [0.717, 1.165) is 71.5 Å². The highest BCUT2D eigenvalue weighted by Crippen LogP contribution is 2.41. The fraction of sp³-hybridized carbons (Fsp3) is 0.333. The maximum Gasteiger partial charge on any atom is 0.266 e. The third-order valence-electron chi connectivity index (χ3n) is 7.59. The highest BCUT2D eigenvalue weighted by atomic mass is 32.2. The zero-order valence-electron chi connectivity index (χ0n) is 21.9. The predicted octanol–water partition coefficient (Wildman–Crippen LogP) is 5.56. The molecule has 0 atom stereocenters. The number of ether oxygens (including phenoxy) is 1. The molecule has 3 aromatic heterocycles. The summed E-state index contributed by atoms with van der Waals surface area (Å²) in [5.41, 5.74) is 3.87. The number of aryl methyl sites for hydroxylation is 3. The van der Waals surface area contributed by atoms with Crippen LogP contribution in [0.25, 0.3) is 26.8 Å². The van der Waals surface area contributed by atoms with Crippen molar-refractivity contribution in [2.24, 2.45) is 0 Å². The molecular formula is C30H29N5O2S2. The topological polar surface area (TPSA) is 73.1 Å². The van der Waals surface area contributed by atoms with Gasteiger partial charge in [-0.15, -0.1) is 11.3 Å². The van der Waals surface area contributed by atoms with Crippen LogP contribution in [0.2, 0.25) is 0 Å². The van der Waals surface area contributed by atoms with Gasteiger partial charge in [0.05, 0.1) is 36.3 Å². The molecule has 0 unspecified atom stereocenters. The molecule has 1 aliphatic heterocycles. The van der Waals surface area contributed by atoms with Gasteiger partial charge in [0.15, 0.2) is 5.16 Å². The second-order valence-electron chi connectivity index (χ2n) is 10.2. The van der Waals surface area contributed by atoms with Crippen LogP contribution in [0.5, 0.6) is 0 Å². The fourth-order valence-corrected chi connectivity index (χ4v) is 7.97. The minimum atomic E-state index is -0.0661. The minimum absolute atomic E-state index is 0.0661. The fourth-order valence-electron chi connectivity index (χ4n) is 5.56. The lowest BCUT2D eigenvalue weighted by molar-refractivity contribution is 0.0330. The molecule has 7 nitrogen and oxygen atoms in total. The molecule has 0 bridgehead atoms. The molecule has 9 heteroatoms. The van der Waals surface area contributed by atoms with E-state index < -0.39 is 0 Å². The van der Waals surface area contributed by atoms with Gasteiger partial charge in [0.25, 0.3) is 5.56 Å². The number of aromatic nitrogens is 4. The molecular weight excluding hydrogens is 526 g/mol. The molecule has 7 rings (SSSR count). The first-order valence-corrected chi connectivity index (χ1v) is 15.2. The number of hydrogen-bond acceptors (Lipinski definition) is 8. The average Bonchev–Trinajstić information content (AvgIpc) is 3.33. The van der Waals surface area contributed by atoms with Gasteiger partial charge in [-0.1, -0.05) is 30.3 Å². The summed E-state index contributed by atoms with van der Waals surface area (Å²) < 4.78 is 7.31. The Kier molecular flexibility index (Phi) is 6.68. The lowest BCUT2D eigenvalue weighted by Crippen LogP contribution is -2.36.